The molecule has 0 aliphatic carbocycles. The number of aryl methyl sites for hydroxylation is 1. The minimum Gasteiger partial charge on any atom is -0.384 e. The van der Waals surface area contributed by atoms with Crippen molar-refractivity contribution in [1.82, 2.24) is 20.2 Å². The van der Waals surface area contributed by atoms with E-state index in [2.05, 4.69) is 27.5 Å². The van der Waals surface area contributed by atoms with E-state index in [1.54, 1.807) is 20.2 Å². The fourth-order valence-electron chi connectivity index (χ4n) is 1.46. The van der Waals surface area contributed by atoms with Crippen LogP contribution in [-0.4, -0.2) is 48.1 Å². The van der Waals surface area contributed by atoms with Gasteiger partial charge in [0.2, 0.25) is 0 Å². The second-order valence-corrected chi connectivity index (χ2v) is 4.40. The molecule has 4 N–H and O–H groups in total. The number of nitrogens with one attached hydrogen (secondary N) is 2. The standard InChI is InChI=1S/C12H22N6O/c1-4-5-10-16-9(13)8-11(17-10)14-6-7-15-12(19)18(2)3/h8H,4-7H2,1-3H3,(H,15,19)(H3,13,14,16,17). The predicted molar refractivity (Wildman–Crippen MR) is 76.0 cm³/mol. The van der Waals surface area contributed by atoms with Gasteiger partial charge in [-0.05, 0) is 6.42 Å². The number of nitrogen functional groups attached to an aromatic ring is 1. The lowest BCUT2D eigenvalue weighted by molar-refractivity contribution is 0.218. The largest absolute Gasteiger partial charge is 0.384 e. The van der Waals surface area contributed by atoms with Gasteiger partial charge in [0, 0.05) is 39.7 Å². The van der Waals surface area contributed by atoms with E-state index in [1.807, 2.05) is 0 Å². The van der Waals surface area contributed by atoms with Crippen LogP contribution in [0.15, 0.2) is 6.07 Å². The van der Waals surface area contributed by atoms with Crippen molar-refractivity contribution in [3.05, 3.63) is 11.9 Å². The SMILES string of the molecule is CCCc1nc(N)cc(NCCNC(=O)N(C)C)n1. The minimum atomic E-state index is -0.115. The fourth-order valence-corrected chi connectivity index (χ4v) is 1.46. The highest BCUT2D eigenvalue weighted by Crippen LogP contribution is 2.09. The first-order valence-corrected chi connectivity index (χ1v) is 6.35. The second kappa shape index (κ2) is 7.40. The summed E-state index contributed by atoms with van der Waals surface area (Å²) in [6, 6.07) is 1.57. The smallest absolute Gasteiger partial charge is 0.316 e. The van der Waals surface area contributed by atoms with E-state index in [1.165, 1.54) is 4.90 Å². The van der Waals surface area contributed by atoms with Crippen molar-refractivity contribution < 1.29 is 4.79 Å². The van der Waals surface area contributed by atoms with Crippen LogP contribution in [0.1, 0.15) is 19.2 Å². The summed E-state index contributed by atoms with van der Waals surface area (Å²) in [4.78, 5) is 21.3. The van der Waals surface area contributed by atoms with Gasteiger partial charge in [0.1, 0.15) is 17.5 Å². The van der Waals surface area contributed by atoms with Crippen LogP contribution in [-0.2, 0) is 6.42 Å². The molecule has 1 heterocycles. The molecular formula is C12H22N6O. The van der Waals surface area contributed by atoms with Gasteiger partial charge in [-0.15, -0.1) is 0 Å². The second-order valence-electron chi connectivity index (χ2n) is 4.40. The van der Waals surface area contributed by atoms with Gasteiger partial charge in [0.25, 0.3) is 0 Å². The van der Waals surface area contributed by atoms with Gasteiger partial charge in [0.05, 0.1) is 0 Å². The third-order valence-corrected chi connectivity index (χ3v) is 2.38. The maximum Gasteiger partial charge on any atom is 0.316 e. The Morgan fingerprint density at radius 3 is 2.74 bits per heavy atom. The Bertz CT molecular complexity index is 421. The van der Waals surface area contributed by atoms with Crippen LogP contribution in [0.3, 0.4) is 0 Å². The molecular weight excluding hydrogens is 244 g/mol. The number of carbonyl (C=O) groups excluding carboxylic acids is 1. The van der Waals surface area contributed by atoms with E-state index in [0.717, 1.165) is 18.7 Å². The monoisotopic (exact) mass is 266 g/mol. The average molecular weight is 266 g/mol. The van der Waals surface area contributed by atoms with Crippen molar-refractivity contribution in [2.75, 3.05) is 38.2 Å². The number of hydrogen-bond acceptors (Lipinski definition) is 5. The Kier molecular flexibility index (Phi) is 5.84. The Morgan fingerprint density at radius 2 is 2.11 bits per heavy atom. The van der Waals surface area contributed by atoms with Crippen LogP contribution >= 0.6 is 0 Å². The predicted octanol–water partition coefficient (Wildman–Crippen LogP) is 0.694. The molecule has 0 unspecified atom stereocenters. The maximum atomic E-state index is 11.3. The molecule has 0 atom stereocenters. The lowest BCUT2D eigenvalue weighted by Crippen LogP contribution is -2.37. The molecule has 2 amide bonds. The van der Waals surface area contributed by atoms with Gasteiger partial charge >= 0.3 is 6.03 Å². The van der Waals surface area contributed by atoms with E-state index >= 15 is 0 Å². The number of urea groups is 1. The summed E-state index contributed by atoms with van der Waals surface area (Å²) in [6.07, 6.45) is 1.78. The lowest BCUT2D eigenvalue weighted by atomic mass is 10.3. The fraction of sp³-hybridized carbons (Fsp3) is 0.583. The van der Waals surface area contributed by atoms with Crippen molar-refractivity contribution in [2.45, 2.75) is 19.8 Å². The topological polar surface area (TPSA) is 96.2 Å². The molecule has 0 radical (unpaired) electrons. The van der Waals surface area contributed by atoms with E-state index in [9.17, 15) is 4.79 Å². The zero-order valence-corrected chi connectivity index (χ0v) is 11.7. The number of carbonyl (C=O) groups is 1. The van der Waals surface area contributed by atoms with Crippen LogP contribution in [0.4, 0.5) is 16.4 Å². The number of nitrogens with two attached hydrogens (primary N) is 1. The number of amides is 2. The summed E-state index contributed by atoms with van der Waals surface area (Å²) < 4.78 is 0. The van der Waals surface area contributed by atoms with Gasteiger partial charge < -0.3 is 21.3 Å². The first-order chi connectivity index (χ1) is 9.02. The summed E-state index contributed by atoms with van der Waals surface area (Å²) in [5.74, 6) is 1.88. The molecule has 0 aliphatic heterocycles. The molecule has 0 aliphatic rings. The molecule has 0 saturated carbocycles. The van der Waals surface area contributed by atoms with Gasteiger partial charge in [-0.1, -0.05) is 6.92 Å². The Labute approximate surface area is 113 Å². The van der Waals surface area contributed by atoms with Crippen molar-refractivity contribution in [3.8, 4) is 0 Å². The zero-order chi connectivity index (χ0) is 14.3. The van der Waals surface area contributed by atoms with E-state index in [0.29, 0.717) is 24.7 Å². The van der Waals surface area contributed by atoms with Crippen LogP contribution in [0, 0.1) is 0 Å². The van der Waals surface area contributed by atoms with Gasteiger partial charge in [0.15, 0.2) is 0 Å². The molecule has 0 bridgehead atoms. The summed E-state index contributed by atoms with van der Waals surface area (Å²) in [6.45, 7) is 3.17. The molecule has 7 nitrogen and oxygen atoms in total. The number of aromatic nitrogens is 2. The highest BCUT2D eigenvalue weighted by atomic mass is 16.2. The quantitative estimate of drug-likeness (QED) is 0.658. The highest BCUT2D eigenvalue weighted by molar-refractivity contribution is 5.73. The molecule has 0 aromatic carbocycles. The van der Waals surface area contributed by atoms with Gasteiger partial charge in [-0.25, -0.2) is 14.8 Å². The molecule has 0 spiro atoms. The van der Waals surface area contributed by atoms with Crippen molar-refractivity contribution in [2.24, 2.45) is 0 Å². The van der Waals surface area contributed by atoms with Crippen LogP contribution < -0.4 is 16.4 Å². The Morgan fingerprint density at radius 1 is 1.37 bits per heavy atom. The van der Waals surface area contributed by atoms with Crippen molar-refractivity contribution in [1.29, 1.82) is 0 Å². The number of nitrogens with zero attached hydrogens (tertiary/aromatic N) is 3. The molecule has 1 aromatic heterocycles. The van der Waals surface area contributed by atoms with Gasteiger partial charge in [-0.2, -0.15) is 0 Å². The summed E-state index contributed by atoms with van der Waals surface area (Å²) in [7, 11) is 3.40. The van der Waals surface area contributed by atoms with Gasteiger partial charge in [-0.3, -0.25) is 0 Å². The lowest BCUT2D eigenvalue weighted by Gasteiger charge is -2.12. The normalized spacial score (nSPS) is 10.1. The molecule has 0 fully saturated rings. The summed E-state index contributed by atoms with van der Waals surface area (Å²) in [5.41, 5.74) is 5.71. The third kappa shape index (κ3) is 5.41. The summed E-state index contributed by atoms with van der Waals surface area (Å²) in [5, 5.41) is 5.87. The third-order valence-electron chi connectivity index (χ3n) is 2.38. The summed E-state index contributed by atoms with van der Waals surface area (Å²) >= 11 is 0. The number of rotatable bonds is 6. The Balaban J connectivity index is 2.42. The van der Waals surface area contributed by atoms with Crippen molar-refractivity contribution >= 4 is 17.7 Å². The van der Waals surface area contributed by atoms with Crippen LogP contribution in [0.5, 0.6) is 0 Å². The highest BCUT2D eigenvalue weighted by Gasteiger charge is 2.03. The molecule has 106 valence electrons. The maximum absolute atomic E-state index is 11.3. The minimum absolute atomic E-state index is 0.115. The number of anilines is 2. The molecule has 19 heavy (non-hydrogen) atoms. The van der Waals surface area contributed by atoms with Crippen LogP contribution in [0.25, 0.3) is 0 Å². The first kappa shape index (κ1) is 15.0. The molecule has 1 rings (SSSR count). The molecule has 7 heteroatoms. The molecule has 0 saturated heterocycles. The van der Waals surface area contributed by atoms with E-state index in [4.69, 9.17) is 5.73 Å². The first-order valence-electron chi connectivity index (χ1n) is 6.35. The Hall–Kier alpha value is -2.05. The van der Waals surface area contributed by atoms with Crippen LogP contribution in [0.2, 0.25) is 0 Å². The van der Waals surface area contributed by atoms with E-state index < -0.39 is 0 Å². The van der Waals surface area contributed by atoms with Crippen molar-refractivity contribution in [3.63, 3.8) is 0 Å². The van der Waals surface area contributed by atoms with E-state index in [-0.39, 0.29) is 6.03 Å². The average Bonchev–Trinajstić information content (AvgIpc) is 2.34. The zero-order valence-electron chi connectivity index (χ0n) is 11.7. The number of hydrogen-bond donors (Lipinski definition) is 3. The molecule has 1 aromatic rings.